The van der Waals surface area contributed by atoms with Gasteiger partial charge in [0.1, 0.15) is 11.2 Å². The van der Waals surface area contributed by atoms with Crippen LogP contribution in [-0.2, 0) is 11.8 Å². The molecule has 0 aromatic carbocycles. The van der Waals surface area contributed by atoms with Crippen LogP contribution in [0.4, 0.5) is 0 Å². The van der Waals surface area contributed by atoms with Gasteiger partial charge in [-0.1, -0.05) is 6.07 Å². The van der Waals surface area contributed by atoms with Gasteiger partial charge in [-0.05, 0) is 43.5 Å². The Balaban J connectivity index is 1.53. The minimum Gasteiger partial charge on any atom is -0.373 e. The number of H-pyrrole nitrogens is 1. The third kappa shape index (κ3) is 2.64. The average Bonchev–Trinajstić information content (AvgIpc) is 3.39. The lowest BCUT2D eigenvalue weighted by atomic mass is 10.1. The van der Waals surface area contributed by atoms with Crippen molar-refractivity contribution in [3.63, 3.8) is 0 Å². The monoisotopic (exact) mass is 365 g/mol. The molecular formula is C19H19N5OS. The fourth-order valence-corrected chi connectivity index (χ4v) is 4.46. The van der Waals surface area contributed by atoms with E-state index in [0.29, 0.717) is 0 Å². The first-order chi connectivity index (χ1) is 12.8. The summed E-state index contributed by atoms with van der Waals surface area (Å²) >= 11 is 1.75. The van der Waals surface area contributed by atoms with Crippen LogP contribution in [-0.4, -0.2) is 31.3 Å². The van der Waals surface area contributed by atoms with Crippen molar-refractivity contribution in [2.24, 2.45) is 7.05 Å². The van der Waals surface area contributed by atoms with Crippen molar-refractivity contribution in [3.05, 3.63) is 41.4 Å². The van der Waals surface area contributed by atoms with Crippen LogP contribution < -0.4 is 0 Å². The van der Waals surface area contributed by atoms with Gasteiger partial charge in [-0.3, -0.25) is 4.98 Å². The van der Waals surface area contributed by atoms with Gasteiger partial charge in [-0.25, -0.2) is 9.67 Å². The van der Waals surface area contributed by atoms with Gasteiger partial charge < -0.3 is 9.72 Å². The Bertz CT molecular complexity index is 1040. The summed E-state index contributed by atoms with van der Waals surface area (Å²) in [5, 5.41) is 4.58. The van der Waals surface area contributed by atoms with Crippen LogP contribution in [0.5, 0.6) is 0 Å². The van der Waals surface area contributed by atoms with Crippen molar-refractivity contribution >= 4 is 22.5 Å². The summed E-state index contributed by atoms with van der Waals surface area (Å²) in [5.74, 6) is 0.872. The molecule has 1 N–H and O–H groups in total. The predicted molar refractivity (Wildman–Crippen MR) is 102 cm³/mol. The summed E-state index contributed by atoms with van der Waals surface area (Å²) in [6, 6.07) is 10.1. The highest BCUT2D eigenvalue weighted by Crippen LogP contribution is 2.37. The molecule has 6 nitrogen and oxygen atoms in total. The number of aryl methyl sites for hydroxylation is 1. The Morgan fingerprint density at radius 2 is 2.19 bits per heavy atom. The second kappa shape index (κ2) is 6.34. The number of thiophene rings is 1. The Morgan fingerprint density at radius 1 is 1.23 bits per heavy atom. The van der Waals surface area contributed by atoms with Gasteiger partial charge in [0.2, 0.25) is 0 Å². The first-order valence-electron chi connectivity index (χ1n) is 8.85. The minimum atomic E-state index is 0.234. The van der Waals surface area contributed by atoms with Crippen LogP contribution in [0.3, 0.4) is 0 Å². The van der Waals surface area contributed by atoms with Crippen molar-refractivity contribution in [3.8, 4) is 22.1 Å². The Morgan fingerprint density at radius 3 is 3.00 bits per heavy atom. The molecule has 0 spiro atoms. The highest BCUT2D eigenvalue weighted by atomic mass is 32.1. The first-order valence-corrected chi connectivity index (χ1v) is 9.67. The summed E-state index contributed by atoms with van der Waals surface area (Å²) in [6.45, 7) is 0.863. The zero-order valence-corrected chi connectivity index (χ0v) is 15.3. The van der Waals surface area contributed by atoms with Gasteiger partial charge in [0.05, 0.1) is 16.7 Å². The highest BCUT2D eigenvalue weighted by molar-refractivity contribution is 7.15. The predicted octanol–water partition coefficient (Wildman–Crippen LogP) is 4.33. The summed E-state index contributed by atoms with van der Waals surface area (Å²) < 4.78 is 7.71. The third-order valence-electron chi connectivity index (χ3n) is 4.74. The molecule has 4 aromatic heterocycles. The zero-order chi connectivity index (χ0) is 17.5. The van der Waals surface area contributed by atoms with Crippen molar-refractivity contribution in [2.75, 3.05) is 6.61 Å². The molecule has 1 aliphatic heterocycles. The number of fused-ring (bicyclic) bond motifs is 1. The maximum absolute atomic E-state index is 5.91. The number of aromatic amines is 1. The summed E-state index contributed by atoms with van der Waals surface area (Å²) in [7, 11) is 1.91. The Labute approximate surface area is 154 Å². The van der Waals surface area contributed by atoms with Crippen molar-refractivity contribution in [2.45, 2.75) is 25.4 Å². The van der Waals surface area contributed by atoms with E-state index >= 15 is 0 Å². The Kier molecular flexibility index (Phi) is 3.83. The van der Waals surface area contributed by atoms with Crippen LogP contribution in [0.1, 0.15) is 30.2 Å². The maximum atomic E-state index is 5.91. The molecule has 0 radical (unpaired) electrons. The Hall–Kier alpha value is -2.51. The molecule has 0 saturated carbocycles. The lowest BCUT2D eigenvalue weighted by molar-refractivity contribution is 0.0172. The number of imidazole rings is 1. The smallest absolute Gasteiger partial charge is 0.177 e. The molecular weight excluding hydrogens is 346 g/mol. The molecule has 1 atom stereocenters. The number of hydrogen-bond donors (Lipinski definition) is 1. The van der Waals surface area contributed by atoms with E-state index in [-0.39, 0.29) is 6.10 Å². The van der Waals surface area contributed by atoms with Gasteiger partial charge in [0.25, 0.3) is 0 Å². The van der Waals surface area contributed by atoms with Gasteiger partial charge in [-0.15, -0.1) is 11.3 Å². The number of hydrogen-bond acceptors (Lipinski definition) is 5. The van der Waals surface area contributed by atoms with E-state index in [4.69, 9.17) is 9.72 Å². The third-order valence-corrected chi connectivity index (χ3v) is 5.93. The summed E-state index contributed by atoms with van der Waals surface area (Å²) in [4.78, 5) is 15.1. The van der Waals surface area contributed by atoms with E-state index in [9.17, 15) is 0 Å². The van der Waals surface area contributed by atoms with Gasteiger partial charge in [-0.2, -0.15) is 5.10 Å². The molecule has 1 saturated heterocycles. The van der Waals surface area contributed by atoms with Crippen LogP contribution in [0.25, 0.3) is 33.3 Å². The van der Waals surface area contributed by atoms with E-state index in [1.54, 1.807) is 22.2 Å². The molecule has 1 unspecified atom stereocenters. The molecule has 0 amide bonds. The number of aromatic nitrogens is 5. The van der Waals surface area contributed by atoms with E-state index in [1.807, 2.05) is 25.2 Å². The molecule has 5 rings (SSSR count). The zero-order valence-electron chi connectivity index (χ0n) is 14.5. The summed E-state index contributed by atoms with van der Waals surface area (Å²) in [6.07, 6.45) is 5.53. The topological polar surface area (TPSA) is 68.6 Å². The number of nitrogens with zero attached hydrogens (tertiary/aromatic N) is 4. The fourth-order valence-electron chi connectivity index (χ4n) is 3.43. The largest absolute Gasteiger partial charge is 0.373 e. The lowest BCUT2D eigenvalue weighted by Gasteiger charge is -2.21. The number of ether oxygens (including phenoxy) is 1. The molecule has 26 heavy (non-hydrogen) atoms. The summed E-state index contributed by atoms with van der Waals surface area (Å²) in [5.41, 5.74) is 3.43. The van der Waals surface area contributed by atoms with Crippen LogP contribution in [0.2, 0.25) is 0 Å². The van der Waals surface area contributed by atoms with Crippen LogP contribution >= 0.6 is 11.3 Å². The molecule has 1 fully saturated rings. The van der Waals surface area contributed by atoms with Gasteiger partial charge in [0.15, 0.2) is 11.5 Å². The molecule has 132 valence electrons. The molecule has 0 aliphatic carbocycles. The molecule has 1 aliphatic rings. The van der Waals surface area contributed by atoms with E-state index in [0.717, 1.165) is 46.3 Å². The van der Waals surface area contributed by atoms with Crippen LogP contribution in [0, 0.1) is 0 Å². The molecule has 0 bridgehead atoms. The van der Waals surface area contributed by atoms with Gasteiger partial charge in [0, 0.05) is 24.7 Å². The lowest BCUT2D eigenvalue weighted by Crippen LogP contribution is -2.09. The standard InChI is InChI=1S/C19H19N5OS/c1-24-19-17(16(23-24)12-6-2-4-10-20-12)21-18(22-19)15-9-8-14(26-15)13-7-3-5-11-25-13/h2,4,6,8-10,13H,3,5,7,11H2,1H3,(H,21,22). The molecule has 7 heteroatoms. The van der Waals surface area contributed by atoms with Crippen LogP contribution in [0.15, 0.2) is 36.5 Å². The van der Waals surface area contributed by atoms with Crippen molar-refractivity contribution in [1.82, 2.24) is 24.7 Å². The number of rotatable bonds is 3. The second-order valence-corrected chi connectivity index (χ2v) is 7.64. The quantitative estimate of drug-likeness (QED) is 0.587. The maximum Gasteiger partial charge on any atom is 0.177 e. The molecule has 5 heterocycles. The SMILES string of the molecule is Cn1nc(-c2ccccn2)c2[nH]c(-c3ccc(C4CCCCO4)s3)nc21. The van der Waals surface area contributed by atoms with Crippen molar-refractivity contribution in [1.29, 1.82) is 0 Å². The molecule has 4 aromatic rings. The van der Waals surface area contributed by atoms with Crippen molar-refractivity contribution < 1.29 is 4.74 Å². The first kappa shape index (κ1) is 15.7. The normalized spacial score (nSPS) is 17.8. The van der Waals surface area contributed by atoms with E-state index in [1.165, 1.54) is 17.7 Å². The van der Waals surface area contributed by atoms with E-state index < -0.39 is 0 Å². The van der Waals surface area contributed by atoms with E-state index in [2.05, 4.69) is 27.2 Å². The fraction of sp³-hybridized carbons (Fsp3) is 0.316. The number of nitrogens with one attached hydrogen (secondary N) is 1. The average molecular weight is 365 g/mol. The number of pyridine rings is 1. The second-order valence-electron chi connectivity index (χ2n) is 6.53. The minimum absolute atomic E-state index is 0.234. The van der Waals surface area contributed by atoms with Gasteiger partial charge >= 0.3 is 0 Å². The highest BCUT2D eigenvalue weighted by Gasteiger charge is 2.21.